The van der Waals surface area contributed by atoms with Crippen molar-refractivity contribution in [2.75, 3.05) is 6.61 Å². The predicted octanol–water partition coefficient (Wildman–Crippen LogP) is 6.52. The van der Waals surface area contributed by atoms with Crippen LogP contribution >= 0.6 is 11.8 Å². The van der Waals surface area contributed by atoms with Crippen LogP contribution in [0.5, 0.6) is 0 Å². The lowest BCUT2D eigenvalue weighted by Crippen LogP contribution is -2.15. The summed E-state index contributed by atoms with van der Waals surface area (Å²) in [6.07, 6.45) is 7.96. The highest BCUT2D eigenvalue weighted by molar-refractivity contribution is 7.99. The van der Waals surface area contributed by atoms with Gasteiger partial charge in [-0.2, -0.15) is 11.8 Å². The summed E-state index contributed by atoms with van der Waals surface area (Å²) in [6.45, 7) is -0.326. The Morgan fingerprint density at radius 3 is 2.59 bits per heavy atom. The zero-order valence-corrected chi connectivity index (χ0v) is 18.6. The van der Waals surface area contributed by atoms with Crippen LogP contribution in [0, 0.1) is 0 Å². The van der Waals surface area contributed by atoms with E-state index in [9.17, 15) is 9.59 Å². The highest BCUT2D eigenvalue weighted by Gasteiger charge is 2.24. The van der Waals surface area contributed by atoms with E-state index < -0.39 is 5.97 Å². The van der Waals surface area contributed by atoms with Crippen molar-refractivity contribution >= 4 is 45.4 Å². The summed E-state index contributed by atoms with van der Waals surface area (Å²) < 4.78 is 11.3. The molecule has 32 heavy (non-hydrogen) atoms. The van der Waals surface area contributed by atoms with Gasteiger partial charge in [-0.1, -0.05) is 55.7 Å². The van der Waals surface area contributed by atoms with Gasteiger partial charge in [0.05, 0.1) is 0 Å². The zero-order chi connectivity index (χ0) is 21.9. The second-order valence-corrected chi connectivity index (χ2v) is 9.51. The number of aromatic nitrogens is 1. The number of esters is 1. The largest absolute Gasteiger partial charge is 0.451 e. The first kappa shape index (κ1) is 20.9. The Kier molecular flexibility index (Phi) is 6.04. The molecule has 0 aliphatic heterocycles. The molecule has 2 aromatic carbocycles. The van der Waals surface area contributed by atoms with Gasteiger partial charge in [-0.25, -0.2) is 4.79 Å². The molecule has 2 heterocycles. The molecule has 164 valence electrons. The van der Waals surface area contributed by atoms with E-state index in [0.29, 0.717) is 22.1 Å². The molecule has 0 saturated heterocycles. The molecular weight excluding hydrogens is 422 g/mol. The van der Waals surface area contributed by atoms with Crippen LogP contribution in [0.4, 0.5) is 0 Å². The smallest absolute Gasteiger partial charge is 0.375 e. The number of rotatable bonds is 7. The number of aromatic amines is 1. The monoisotopic (exact) mass is 447 g/mol. The number of nitrogens with one attached hydrogen (secondary N) is 1. The van der Waals surface area contributed by atoms with Crippen molar-refractivity contribution in [2.24, 2.45) is 0 Å². The number of fused-ring (bicyclic) bond motifs is 2. The van der Waals surface area contributed by atoms with Gasteiger partial charge in [-0.05, 0) is 25.0 Å². The topological polar surface area (TPSA) is 72.3 Å². The fraction of sp³-hybridized carbons (Fsp3) is 0.308. The Labute approximate surface area is 190 Å². The molecule has 0 unspecified atom stereocenters. The van der Waals surface area contributed by atoms with Crippen molar-refractivity contribution in [3.05, 3.63) is 71.6 Å². The summed E-state index contributed by atoms with van der Waals surface area (Å²) in [7, 11) is 0. The average Bonchev–Trinajstić information content (AvgIpc) is 3.43. The first-order valence-electron chi connectivity index (χ1n) is 11.1. The highest BCUT2D eigenvalue weighted by Crippen LogP contribution is 2.35. The summed E-state index contributed by atoms with van der Waals surface area (Å²) in [5, 5.41) is 2.37. The number of ether oxygens (including phenoxy) is 1. The average molecular weight is 448 g/mol. The van der Waals surface area contributed by atoms with Gasteiger partial charge in [-0.3, -0.25) is 4.79 Å². The number of thioether (sulfide) groups is 1. The standard InChI is InChI=1S/C26H25NO4S/c28-23(20-14-27-22-12-6-4-10-18(20)22)15-30-26(29)25-21(16-32-17-8-2-1-3-9-17)19-11-5-7-13-24(19)31-25/h4-7,10-14,17,27H,1-3,8-9,15-16H2. The number of furan rings is 1. The van der Waals surface area contributed by atoms with Crippen LogP contribution in [-0.4, -0.2) is 28.6 Å². The van der Waals surface area contributed by atoms with Gasteiger partial charge in [0.2, 0.25) is 11.5 Å². The van der Waals surface area contributed by atoms with Crippen molar-refractivity contribution in [1.29, 1.82) is 0 Å². The third-order valence-corrected chi connectivity index (χ3v) is 7.52. The van der Waals surface area contributed by atoms with Gasteiger partial charge >= 0.3 is 5.97 Å². The number of hydrogen-bond donors (Lipinski definition) is 1. The van der Waals surface area contributed by atoms with Gasteiger partial charge in [0.15, 0.2) is 6.61 Å². The molecule has 1 aliphatic carbocycles. The van der Waals surface area contributed by atoms with Gasteiger partial charge in [0, 0.05) is 44.6 Å². The van der Waals surface area contributed by atoms with Crippen molar-refractivity contribution in [2.45, 2.75) is 43.1 Å². The number of H-pyrrole nitrogens is 1. The lowest BCUT2D eigenvalue weighted by molar-refractivity contribution is 0.0445. The second-order valence-electron chi connectivity index (χ2n) is 8.22. The van der Waals surface area contributed by atoms with E-state index in [0.717, 1.165) is 21.9 Å². The maximum Gasteiger partial charge on any atom is 0.375 e. The van der Waals surface area contributed by atoms with Crippen LogP contribution in [0.3, 0.4) is 0 Å². The minimum absolute atomic E-state index is 0.209. The quantitative estimate of drug-likeness (QED) is 0.258. The van der Waals surface area contributed by atoms with Gasteiger partial charge in [0.1, 0.15) is 5.58 Å². The maximum absolute atomic E-state index is 12.9. The predicted molar refractivity (Wildman–Crippen MR) is 127 cm³/mol. The van der Waals surface area contributed by atoms with Crippen LogP contribution in [0.25, 0.3) is 21.9 Å². The first-order valence-corrected chi connectivity index (χ1v) is 12.1. The van der Waals surface area contributed by atoms with Crippen LogP contribution in [0.1, 0.15) is 58.6 Å². The lowest BCUT2D eigenvalue weighted by Gasteiger charge is -2.20. The Balaban J connectivity index is 1.33. The minimum atomic E-state index is -0.589. The van der Waals surface area contributed by atoms with E-state index in [1.807, 2.05) is 60.3 Å². The third kappa shape index (κ3) is 4.19. The van der Waals surface area contributed by atoms with Crippen molar-refractivity contribution in [3.8, 4) is 0 Å². The Morgan fingerprint density at radius 2 is 1.75 bits per heavy atom. The fourth-order valence-corrected chi connectivity index (χ4v) is 5.77. The van der Waals surface area contributed by atoms with Gasteiger partial charge < -0.3 is 14.1 Å². The molecule has 1 saturated carbocycles. The maximum atomic E-state index is 12.9. The normalized spacial score (nSPS) is 14.8. The summed E-state index contributed by atoms with van der Waals surface area (Å²) in [5.74, 6) is 0.0719. The third-order valence-electron chi connectivity index (χ3n) is 6.12. The molecule has 1 N–H and O–H groups in total. The van der Waals surface area contributed by atoms with Crippen molar-refractivity contribution in [3.63, 3.8) is 0 Å². The summed E-state index contributed by atoms with van der Waals surface area (Å²) in [5.41, 5.74) is 2.93. The number of Topliss-reactive ketones (excluding diaryl/α,β-unsaturated/α-hetero) is 1. The van der Waals surface area contributed by atoms with Gasteiger partial charge in [-0.15, -0.1) is 0 Å². The van der Waals surface area contributed by atoms with Crippen LogP contribution in [0.15, 0.2) is 59.1 Å². The Hall–Kier alpha value is -2.99. The molecule has 0 bridgehead atoms. The molecule has 1 fully saturated rings. The summed E-state index contributed by atoms with van der Waals surface area (Å²) in [4.78, 5) is 28.7. The second kappa shape index (κ2) is 9.25. The van der Waals surface area contributed by atoms with E-state index in [-0.39, 0.29) is 18.2 Å². The molecule has 0 atom stereocenters. The first-order chi connectivity index (χ1) is 15.7. The van der Waals surface area contributed by atoms with E-state index in [1.54, 1.807) is 6.20 Å². The molecule has 5 rings (SSSR count). The minimum Gasteiger partial charge on any atom is -0.451 e. The van der Waals surface area contributed by atoms with Gasteiger partial charge in [0.25, 0.3) is 0 Å². The van der Waals surface area contributed by atoms with Crippen molar-refractivity contribution < 1.29 is 18.7 Å². The fourth-order valence-electron chi connectivity index (χ4n) is 4.42. The molecule has 1 aliphatic rings. The van der Waals surface area contributed by atoms with E-state index in [4.69, 9.17) is 9.15 Å². The number of para-hydroxylation sites is 2. The number of carbonyl (C=O) groups is 2. The highest BCUT2D eigenvalue weighted by atomic mass is 32.2. The summed E-state index contributed by atoms with van der Waals surface area (Å²) in [6, 6.07) is 15.2. The Bertz CT molecular complexity index is 1270. The van der Waals surface area contributed by atoms with Crippen LogP contribution in [0.2, 0.25) is 0 Å². The molecule has 5 nitrogen and oxygen atoms in total. The van der Waals surface area contributed by atoms with Crippen molar-refractivity contribution in [1.82, 2.24) is 4.98 Å². The lowest BCUT2D eigenvalue weighted by atomic mass is 10.0. The van der Waals surface area contributed by atoms with Crippen LogP contribution < -0.4 is 0 Å². The molecule has 4 aromatic rings. The SMILES string of the molecule is O=C(OCC(=O)c1c[nH]c2ccccc12)c1oc2ccccc2c1CSC1CCCCC1. The number of ketones is 1. The van der Waals surface area contributed by atoms with E-state index >= 15 is 0 Å². The molecule has 0 radical (unpaired) electrons. The molecule has 0 amide bonds. The van der Waals surface area contributed by atoms with E-state index in [2.05, 4.69) is 4.98 Å². The number of benzene rings is 2. The zero-order valence-electron chi connectivity index (χ0n) is 17.8. The Morgan fingerprint density at radius 1 is 1.00 bits per heavy atom. The number of carbonyl (C=O) groups excluding carboxylic acids is 2. The summed E-state index contributed by atoms with van der Waals surface area (Å²) >= 11 is 1.89. The molecular formula is C26H25NO4S. The number of hydrogen-bond acceptors (Lipinski definition) is 5. The molecule has 2 aromatic heterocycles. The van der Waals surface area contributed by atoms with E-state index in [1.165, 1.54) is 32.1 Å². The van der Waals surface area contributed by atoms with Crippen LogP contribution in [-0.2, 0) is 10.5 Å². The molecule has 6 heteroatoms. The molecule has 0 spiro atoms.